The predicted octanol–water partition coefficient (Wildman–Crippen LogP) is 4.77. The molecular weight excluding hydrogens is 399 g/mol. The van der Waals surface area contributed by atoms with Crippen LogP contribution in [0.15, 0.2) is 53.1 Å². The molecule has 1 aliphatic carbocycles. The minimum Gasteiger partial charge on any atom is -0.483 e. The zero-order valence-corrected chi connectivity index (χ0v) is 15.9. The second-order valence-corrected chi connectivity index (χ2v) is 6.81. The molecular formula is C21H20F3N3O3. The molecule has 1 heterocycles. The lowest BCUT2D eigenvalue weighted by atomic mass is 9.93. The molecule has 1 fully saturated rings. The molecule has 0 saturated heterocycles. The number of aromatic nitrogens is 2. The third kappa shape index (κ3) is 5.44. The molecule has 0 amide bonds. The van der Waals surface area contributed by atoms with Gasteiger partial charge in [-0.15, -0.1) is 0 Å². The minimum atomic E-state index is -4.37. The van der Waals surface area contributed by atoms with Gasteiger partial charge < -0.3 is 14.9 Å². The van der Waals surface area contributed by atoms with Crippen molar-refractivity contribution in [1.82, 2.24) is 15.5 Å². The van der Waals surface area contributed by atoms with Crippen LogP contribution in [0.25, 0.3) is 22.8 Å². The maximum atomic E-state index is 12.6. The van der Waals surface area contributed by atoms with Gasteiger partial charge in [0.2, 0.25) is 5.82 Å². The van der Waals surface area contributed by atoms with E-state index in [1.165, 1.54) is 37.0 Å². The van der Waals surface area contributed by atoms with E-state index >= 15 is 0 Å². The van der Waals surface area contributed by atoms with Gasteiger partial charge in [0.1, 0.15) is 0 Å². The number of hydrogen-bond acceptors (Lipinski definition) is 5. The molecule has 6 nitrogen and oxygen atoms in total. The second-order valence-electron chi connectivity index (χ2n) is 6.81. The van der Waals surface area contributed by atoms with E-state index in [-0.39, 0.29) is 12.4 Å². The quantitative estimate of drug-likeness (QED) is 0.580. The van der Waals surface area contributed by atoms with Gasteiger partial charge in [-0.25, -0.2) is 0 Å². The zero-order chi connectivity index (χ0) is 21.6. The summed E-state index contributed by atoms with van der Waals surface area (Å²) in [6.07, 6.45) is -0.579. The van der Waals surface area contributed by atoms with Crippen molar-refractivity contribution in [3.05, 3.63) is 59.7 Å². The first-order chi connectivity index (χ1) is 14.4. The van der Waals surface area contributed by atoms with Gasteiger partial charge in [0.05, 0.1) is 5.56 Å². The molecule has 30 heavy (non-hydrogen) atoms. The van der Waals surface area contributed by atoms with Crippen LogP contribution < -0.4 is 5.32 Å². The van der Waals surface area contributed by atoms with Crippen LogP contribution in [0.1, 0.15) is 30.4 Å². The van der Waals surface area contributed by atoms with Gasteiger partial charge in [-0.3, -0.25) is 4.79 Å². The average Bonchev–Trinajstić information content (AvgIpc) is 3.18. The summed E-state index contributed by atoms with van der Waals surface area (Å²) < 4.78 is 43.1. The summed E-state index contributed by atoms with van der Waals surface area (Å²) in [6, 6.07) is 13.1. The first-order valence-corrected chi connectivity index (χ1v) is 9.32. The van der Waals surface area contributed by atoms with E-state index in [1.54, 1.807) is 0 Å². The van der Waals surface area contributed by atoms with Crippen molar-refractivity contribution >= 4 is 6.47 Å². The zero-order valence-electron chi connectivity index (χ0n) is 15.9. The topological polar surface area (TPSA) is 88.3 Å². The Morgan fingerprint density at radius 1 is 1.07 bits per heavy atom. The standard InChI is InChI=1S/C20H18F3N3O.CH2O2/c21-20(22,23)16-10-8-15(9-11-16)19-25-18(26-27-19)14-6-4-13(5-7-14)12-24-17-2-1-3-17;2-1-3/h4-11,17,24H,1-3,12H2;1H,(H,2,3). The number of carboxylic acid groups (broad SMARTS) is 1. The Hall–Kier alpha value is -3.20. The van der Waals surface area contributed by atoms with Crippen molar-refractivity contribution < 1.29 is 27.6 Å². The van der Waals surface area contributed by atoms with Crippen LogP contribution in [0.2, 0.25) is 0 Å². The van der Waals surface area contributed by atoms with Gasteiger partial charge in [-0.05, 0) is 42.7 Å². The number of benzene rings is 2. The Kier molecular flexibility index (Phi) is 6.83. The molecule has 0 bridgehead atoms. The van der Waals surface area contributed by atoms with E-state index in [2.05, 4.69) is 15.5 Å². The SMILES string of the molecule is FC(F)(F)c1ccc(-c2nc(-c3ccc(CNC4CCC4)cc3)no2)cc1.O=CO. The van der Waals surface area contributed by atoms with Crippen LogP contribution in [0.5, 0.6) is 0 Å². The third-order valence-electron chi connectivity index (χ3n) is 4.80. The Morgan fingerprint density at radius 2 is 1.67 bits per heavy atom. The van der Waals surface area contributed by atoms with Crippen LogP contribution in [0.3, 0.4) is 0 Å². The maximum Gasteiger partial charge on any atom is 0.416 e. The Labute approximate surface area is 170 Å². The Balaban J connectivity index is 0.000000806. The smallest absolute Gasteiger partial charge is 0.416 e. The van der Waals surface area contributed by atoms with Crippen molar-refractivity contribution in [3.8, 4) is 22.8 Å². The predicted molar refractivity (Wildman–Crippen MR) is 103 cm³/mol. The van der Waals surface area contributed by atoms with Crippen LogP contribution >= 0.6 is 0 Å². The summed E-state index contributed by atoms with van der Waals surface area (Å²) in [5, 5.41) is 14.3. The van der Waals surface area contributed by atoms with E-state index < -0.39 is 11.7 Å². The molecule has 0 unspecified atom stereocenters. The number of halogens is 3. The molecule has 158 valence electrons. The molecule has 0 radical (unpaired) electrons. The van der Waals surface area contributed by atoms with Crippen molar-refractivity contribution in [3.63, 3.8) is 0 Å². The van der Waals surface area contributed by atoms with Gasteiger partial charge in [0.15, 0.2) is 0 Å². The number of nitrogens with one attached hydrogen (secondary N) is 1. The average molecular weight is 419 g/mol. The monoisotopic (exact) mass is 419 g/mol. The van der Waals surface area contributed by atoms with Gasteiger partial charge in [-0.1, -0.05) is 35.8 Å². The molecule has 9 heteroatoms. The lowest BCUT2D eigenvalue weighted by molar-refractivity contribution is -0.137. The molecule has 0 aliphatic heterocycles. The molecule has 3 aromatic rings. The Bertz CT molecular complexity index is 950. The lowest BCUT2D eigenvalue weighted by Gasteiger charge is -2.26. The highest BCUT2D eigenvalue weighted by atomic mass is 19.4. The highest BCUT2D eigenvalue weighted by molar-refractivity contribution is 5.60. The second kappa shape index (κ2) is 9.53. The summed E-state index contributed by atoms with van der Waals surface area (Å²) >= 11 is 0. The fourth-order valence-corrected chi connectivity index (χ4v) is 2.91. The highest BCUT2D eigenvalue weighted by Crippen LogP contribution is 2.31. The van der Waals surface area contributed by atoms with Crippen LogP contribution in [-0.2, 0) is 17.5 Å². The van der Waals surface area contributed by atoms with Crippen molar-refractivity contribution in [2.75, 3.05) is 0 Å². The van der Waals surface area contributed by atoms with E-state index in [0.29, 0.717) is 17.4 Å². The van der Waals surface area contributed by atoms with Crippen molar-refractivity contribution in [1.29, 1.82) is 0 Å². The maximum absolute atomic E-state index is 12.6. The summed E-state index contributed by atoms with van der Waals surface area (Å²) in [6.45, 7) is 0.577. The molecule has 1 saturated carbocycles. The molecule has 0 spiro atoms. The van der Waals surface area contributed by atoms with Crippen LogP contribution in [0.4, 0.5) is 13.2 Å². The molecule has 1 aliphatic rings. The first-order valence-electron chi connectivity index (χ1n) is 9.32. The fourth-order valence-electron chi connectivity index (χ4n) is 2.91. The van der Waals surface area contributed by atoms with E-state index in [4.69, 9.17) is 14.4 Å². The van der Waals surface area contributed by atoms with Crippen LogP contribution in [-0.4, -0.2) is 27.8 Å². The summed E-state index contributed by atoms with van der Waals surface area (Å²) in [5.74, 6) is 0.595. The third-order valence-corrected chi connectivity index (χ3v) is 4.80. The van der Waals surface area contributed by atoms with Gasteiger partial charge >= 0.3 is 6.18 Å². The van der Waals surface area contributed by atoms with E-state index in [0.717, 1.165) is 24.2 Å². The Morgan fingerprint density at radius 3 is 2.20 bits per heavy atom. The van der Waals surface area contributed by atoms with Crippen molar-refractivity contribution in [2.45, 2.75) is 38.0 Å². The number of alkyl halides is 3. The summed E-state index contributed by atoms with van der Waals surface area (Å²) in [7, 11) is 0. The molecule has 2 aromatic carbocycles. The highest BCUT2D eigenvalue weighted by Gasteiger charge is 2.30. The molecule has 1 aromatic heterocycles. The largest absolute Gasteiger partial charge is 0.483 e. The van der Waals surface area contributed by atoms with Crippen molar-refractivity contribution in [2.24, 2.45) is 0 Å². The summed E-state index contributed by atoms with van der Waals surface area (Å²) in [4.78, 5) is 12.7. The van der Waals surface area contributed by atoms with Gasteiger partial charge in [0, 0.05) is 23.7 Å². The molecule has 0 atom stereocenters. The number of rotatable bonds is 5. The normalized spacial score (nSPS) is 13.8. The summed E-state index contributed by atoms with van der Waals surface area (Å²) in [5.41, 5.74) is 1.71. The fraction of sp³-hybridized carbons (Fsp3) is 0.286. The number of carbonyl (C=O) groups is 1. The molecule has 2 N–H and O–H groups in total. The number of nitrogens with zero attached hydrogens (tertiary/aromatic N) is 2. The van der Waals surface area contributed by atoms with E-state index in [9.17, 15) is 13.2 Å². The number of hydrogen-bond donors (Lipinski definition) is 2. The first kappa shape index (κ1) is 21.5. The lowest BCUT2D eigenvalue weighted by Crippen LogP contribution is -2.34. The van der Waals surface area contributed by atoms with E-state index in [1.807, 2.05) is 24.3 Å². The van der Waals surface area contributed by atoms with Gasteiger partial charge in [-0.2, -0.15) is 18.2 Å². The molecule has 4 rings (SSSR count). The van der Waals surface area contributed by atoms with Crippen LogP contribution in [0, 0.1) is 0 Å². The minimum absolute atomic E-state index is 0.189. The van der Waals surface area contributed by atoms with Gasteiger partial charge in [0.25, 0.3) is 12.4 Å².